The van der Waals surface area contributed by atoms with E-state index < -0.39 is 0 Å². The zero-order chi connectivity index (χ0) is 13.5. The highest BCUT2D eigenvalue weighted by molar-refractivity contribution is 8.13. The largest absolute Gasteiger partial charge is 0.389 e. The number of aromatic nitrogens is 1. The first-order chi connectivity index (χ1) is 9.03. The maximum Gasteiger partial charge on any atom is 0.168 e. The quantitative estimate of drug-likeness (QED) is 0.832. The van der Waals surface area contributed by atoms with Crippen molar-refractivity contribution in [3.63, 3.8) is 0 Å². The van der Waals surface area contributed by atoms with Crippen LogP contribution in [0.4, 0.5) is 0 Å². The van der Waals surface area contributed by atoms with Crippen LogP contribution in [0.25, 0.3) is 11.0 Å². The minimum Gasteiger partial charge on any atom is -0.389 e. The Kier molecular flexibility index (Phi) is 3.19. The van der Waals surface area contributed by atoms with E-state index in [1.54, 1.807) is 17.8 Å². The number of fused-ring (bicyclic) bond motifs is 1. The third kappa shape index (κ3) is 2.72. The number of nitrogens with zero attached hydrogens (tertiary/aromatic N) is 2. The van der Waals surface area contributed by atoms with Gasteiger partial charge in [-0.3, -0.25) is 0 Å². The van der Waals surface area contributed by atoms with Crippen molar-refractivity contribution in [3.05, 3.63) is 28.9 Å². The highest BCUT2D eigenvalue weighted by atomic mass is 35.5. The number of hydrogen-bond acceptors (Lipinski definition) is 5. The predicted octanol–water partition coefficient (Wildman–Crippen LogP) is 4.23. The average molecular weight is 297 g/mol. The van der Waals surface area contributed by atoms with Crippen LogP contribution in [0.2, 0.25) is 5.02 Å². The fourth-order valence-corrected chi connectivity index (χ4v) is 3.11. The molecule has 0 fully saturated rings. The van der Waals surface area contributed by atoms with Crippen molar-refractivity contribution in [1.82, 2.24) is 5.16 Å². The van der Waals surface area contributed by atoms with E-state index in [0.717, 1.165) is 22.5 Å². The van der Waals surface area contributed by atoms with Gasteiger partial charge in [-0.05, 0) is 26.0 Å². The average Bonchev–Trinajstić information content (AvgIpc) is 2.89. The molecule has 0 saturated carbocycles. The Morgan fingerprint density at radius 1 is 1.42 bits per heavy atom. The number of halogens is 1. The lowest BCUT2D eigenvalue weighted by molar-refractivity contribution is 0.0123. The molecule has 0 bridgehead atoms. The van der Waals surface area contributed by atoms with Crippen LogP contribution in [0, 0.1) is 0 Å². The molecule has 1 aromatic carbocycles. The summed E-state index contributed by atoms with van der Waals surface area (Å²) in [5.41, 5.74) is 1.43. The predicted molar refractivity (Wildman–Crippen MR) is 77.5 cm³/mol. The molecular formula is C13H13ClN2O2S. The number of hydrogen-bond donors (Lipinski definition) is 0. The number of benzene rings is 1. The van der Waals surface area contributed by atoms with Crippen molar-refractivity contribution in [2.75, 3.05) is 0 Å². The van der Waals surface area contributed by atoms with Gasteiger partial charge in [0.1, 0.15) is 16.3 Å². The second-order valence-corrected chi connectivity index (χ2v) is 6.56. The normalized spacial score (nSPS) is 17.5. The van der Waals surface area contributed by atoms with Gasteiger partial charge in [-0.25, -0.2) is 0 Å². The van der Waals surface area contributed by atoms with Crippen molar-refractivity contribution >= 4 is 39.4 Å². The molecule has 1 aliphatic heterocycles. The van der Waals surface area contributed by atoms with E-state index in [4.69, 9.17) is 21.0 Å². The summed E-state index contributed by atoms with van der Waals surface area (Å²) in [4.78, 5) is 5.33. The molecule has 2 heterocycles. The Morgan fingerprint density at radius 3 is 3.00 bits per heavy atom. The summed E-state index contributed by atoms with van der Waals surface area (Å²) in [6.07, 6.45) is 0.833. The Bertz CT molecular complexity index is 651. The van der Waals surface area contributed by atoms with Crippen molar-refractivity contribution in [2.24, 2.45) is 5.16 Å². The van der Waals surface area contributed by atoms with Gasteiger partial charge >= 0.3 is 0 Å². The van der Waals surface area contributed by atoms with Crippen molar-refractivity contribution < 1.29 is 9.36 Å². The molecule has 0 aliphatic carbocycles. The van der Waals surface area contributed by atoms with Gasteiger partial charge in [0.05, 0.1) is 0 Å². The van der Waals surface area contributed by atoms with Crippen LogP contribution in [0.3, 0.4) is 0 Å². The Hall–Kier alpha value is -1.20. The van der Waals surface area contributed by atoms with Gasteiger partial charge in [-0.2, -0.15) is 0 Å². The van der Waals surface area contributed by atoms with Crippen molar-refractivity contribution in [3.8, 4) is 0 Å². The first kappa shape index (κ1) is 12.8. The second kappa shape index (κ2) is 4.72. The molecular weight excluding hydrogens is 284 g/mol. The summed E-state index contributed by atoms with van der Waals surface area (Å²) in [5, 5.41) is 10.8. The van der Waals surface area contributed by atoms with Gasteiger partial charge in [0.2, 0.25) is 0 Å². The molecule has 4 nitrogen and oxygen atoms in total. The summed E-state index contributed by atoms with van der Waals surface area (Å²) in [5.74, 6) is 0.715. The van der Waals surface area contributed by atoms with Gasteiger partial charge in [0.15, 0.2) is 5.58 Å². The minimum atomic E-state index is -0.193. The number of rotatable bonds is 2. The molecule has 0 amide bonds. The summed E-state index contributed by atoms with van der Waals surface area (Å²) in [7, 11) is 0. The monoisotopic (exact) mass is 296 g/mol. The van der Waals surface area contributed by atoms with E-state index in [9.17, 15) is 0 Å². The summed E-state index contributed by atoms with van der Waals surface area (Å²) in [6.45, 7) is 4.05. The summed E-state index contributed by atoms with van der Waals surface area (Å²) in [6, 6.07) is 5.55. The first-order valence-corrected chi connectivity index (χ1v) is 7.31. The van der Waals surface area contributed by atoms with Crippen molar-refractivity contribution in [2.45, 2.75) is 31.6 Å². The van der Waals surface area contributed by atoms with Crippen LogP contribution in [-0.2, 0) is 10.6 Å². The fourth-order valence-electron chi connectivity index (χ4n) is 1.90. The number of thioether (sulfide) groups is 1. The van der Waals surface area contributed by atoms with Crippen molar-refractivity contribution in [1.29, 1.82) is 0 Å². The van der Waals surface area contributed by atoms with Gasteiger partial charge in [-0.1, -0.05) is 21.9 Å². The molecule has 0 radical (unpaired) electrons. The van der Waals surface area contributed by atoms with Gasteiger partial charge in [-0.15, -0.1) is 11.8 Å². The molecule has 3 rings (SSSR count). The molecule has 1 aromatic heterocycles. The maximum atomic E-state index is 5.91. The van der Waals surface area contributed by atoms with E-state index in [-0.39, 0.29) is 5.60 Å². The van der Waals surface area contributed by atoms with Gasteiger partial charge in [0, 0.05) is 28.6 Å². The highest BCUT2D eigenvalue weighted by Crippen LogP contribution is 2.31. The highest BCUT2D eigenvalue weighted by Gasteiger charge is 2.29. The topological polar surface area (TPSA) is 47.6 Å². The lowest BCUT2D eigenvalue weighted by atomic mass is 10.1. The Morgan fingerprint density at radius 2 is 2.26 bits per heavy atom. The van der Waals surface area contributed by atoms with E-state index in [1.165, 1.54) is 0 Å². The third-order valence-corrected chi connectivity index (χ3v) is 4.06. The zero-order valence-electron chi connectivity index (χ0n) is 10.6. The van der Waals surface area contributed by atoms with E-state index in [0.29, 0.717) is 16.4 Å². The van der Waals surface area contributed by atoms with Crippen LogP contribution in [0.15, 0.2) is 27.9 Å². The molecule has 0 atom stereocenters. The van der Waals surface area contributed by atoms with E-state index in [1.807, 2.05) is 26.0 Å². The standard InChI is InChI=1S/C13H13ClN2O2S/c1-13(2)6-12(16-18-13)19-7-10-9-4-3-8(14)5-11(9)17-15-10/h3-5H,6-7H2,1-2H3. The molecule has 1 aliphatic rings. The van der Waals surface area contributed by atoms with Crippen LogP contribution < -0.4 is 0 Å². The van der Waals surface area contributed by atoms with E-state index >= 15 is 0 Å². The molecule has 100 valence electrons. The van der Waals surface area contributed by atoms with Gasteiger partial charge in [0.25, 0.3) is 0 Å². The zero-order valence-corrected chi connectivity index (χ0v) is 12.2. The maximum absolute atomic E-state index is 5.91. The fraction of sp³-hybridized carbons (Fsp3) is 0.385. The molecule has 0 saturated heterocycles. The summed E-state index contributed by atoms with van der Waals surface area (Å²) < 4.78 is 5.27. The van der Waals surface area contributed by atoms with Crippen LogP contribution in [0.5, 0.6) is 0 Å². The minimum absolute atomic E-state index is 0.193. The van der Waals surface area contributed by atoms with Crippen LogP contribution >= 0.6 is 23.4 Å². The Labute approximate surface area is 120 Å². The lowest BCUT2D eigenvalue weighted by Gasteiger charge is -2.12. The molecule has 0 unspecified atom stereocenters. The molecule has 6 heteroatoms. The molecule has 0 spiro atoms. The molecule has 2 aromatic rings. The van der Waals surface area contributed by atoms with Crippen LogP contribution in [-0.4, -0.2) is 15.8 Å². The second-order valence-electron chi connectivity index (χ2n) is 5.07. The van der Waals surface area contributed by atoms with Gasteiger partial charge < -0.3 is 9.36 Å². The lowest BCUT2D eigenvalue weighted by Crippen LogP contribution is -2.18. The molecule has 0 N–H and O–H groups in total. The number of oxime groups is 1. The van der Waals surface area contributed by atoms with E-state index in [2.05, 4.69) is 10.3 Å². The molecule has 19 heavy (non-hydrogen) atoms. The Balaban J connectivity index is 1.73. The summed E-state index contributed by atoms with van der Waals surface area (Å²) >= 11 is 7.54. The van der Waals surface area contributed by atoms with Crippen LogP contribution in [0.1, 0.15) is 26.0 Å². The smallest absolute Gasteiger partial charge is 0.168 e. The first-order valence-electron chi connectivity index (χ1n) is 5.95. The third-order valence-electron chi connectivity index (χ3n) is 2.86. The SMILES string of the molecule is CC1(C)CC(SCc2noc3cc(Cl)ccc23)=NO1.